The fourth-order valence-corrected chi connectivity index (χ4v) is 1.69. The highest BCUT2D eigenvalue weighted by Crippen LogP contribution is 2.29. The van der Waals surface area contributed by atoms with E-state index in [4.69, 9.17) is 10.00 Å². The van der Waals surface area contributed by atoms with Crippen LogP contribution in [0.2, 0.25) is 0 Å². The summed E-state index contributed by atoms with van der Waals surface area (Å²) >= 11 is 0. The van der Waals surface area contributed by atoms with Crippen molar-refractivity contribution in [2.24, 2.45) is 0 Å². The Morgan fingerprint density at radius 1 is 1.19 bits per heavy atom. The Morgan fingerprint density at radius 2 is 2.00 bits per heavy atom. The molecule has 0 spiro atoms. The summed E-state index contributed by atoms with van der Waals surface area (Å²) in [6.07, 6.45) is 0.939. The lowest BCUT2D eigenvalue weighted by Crippen LogP contribution is -1.98. The van der Waals surface area contributed by atoms with E-state index < -0.39 is 0 Å². The molecule has 2 rings (SSSR count). The van der Waals surface area contributed by atoms with Gasteiger partial charge in [0.1, 0.15) is 11.8 Å². The van der Waals surface area contributed by atoms with Gasteiger partial charge in [0, 0.05) is 5.39 Å². The van der Waals surface area contributed by atoms with Gasteiger partial charge in [-0.2, -0.15) is 5.26 Å². The van der Waals surface area contributed by atoms with Crippen molar-refractivity contribution >= 4 is 10.8 Å². The minimum atomic E-state index is 0.604. The van der Waals surface area contributed by atoms with E-state index in [0.717, 1.165) is 17.2 Å². The second-order valence-corrected chi connectivity index (χ2v) is 3.62. The van der Waals surface area contributed by atoms with E-state index in [9.17, 15) is 0 Å². The first-order chi connectivity index (χ1) is 7.86. The lowest BCUT2D eigenvalue weighted by atomic mass is 10.1. The standard InChI is InChI=1S/C14H13NO/c1-2-9-16-14-12(10-15)8-7-11-5-3-4-6-13(11)14/h3-8H,2,9H2,1H3. The molecule has 0 aromatic heterocycles. The molecule has 16 heavy (non-hydrogen) atoms. The number of hydrogen-bond donors (Lipinski definition) is 0. The van der Waals surface area contributed by atoms with E-state index in [2.05, 4.69) is 13.0 Å². The monoisotopic (exact) mass is 211 g/mol. The van der Waals surface area contributed by atoms with Crippen LogP contribution in [0.3, 0.4) is 0 Å². The van der Waals surface area contributed by atoms with Gasteiger partial charge in [0.2, 0.25) is 0 Å². The first-order valence-electron chi connectivity index (χ1n) is 5.41. The second-order valence-electron chi connectivity index (χ2n) is 3.62. The summed E-state index contributed by atoms with van der Waals surface area (Å²) in [5, 5.41) is 11.2. The molecule has 0 radical (unpaired) electrons. The predicted octanol–water partition coefficient (Wildman–Crippen LogP) is 3.50. The zero-order valence-electron chi connectivity index (χ0n) is 9.23. The van der Waals surface area contributed by atoms with Gasteiger partial charge in [0.15, 0.2) is 0 Å². The minimum Gasteiger partial charge on any atom is -0.492 e. The average molecular weight is 211 g/mol. The molecule has 80 valence electrons. The van der Waals surface area contributed by atoms with E-state index >= 15 is 0 Å². The molecule has 2 aromatic rings. The van der Waals surface area contributed by atoms with Crippen LogP contribution < -0.4 is 4.74 Å². The number of benzene rings is 2. The molecule has 0 saturated carbocycles. The smallest absolute Gasteiger partial charge is 0.144 e. The highest BCUT2D eigenvalue weighted by atomic mass is 16.5. The predicted molar refractivity (Wildman–Crippen MR) is 64.4 cm³/mol. The van der Waals surface area contributed by atoms with Gasteiger partial charge in [-0.25, -0.2) is 0 Å². The molecular weight excluding hydrogens is 198 g/mol. The Bertz CT molecular complexity index is 540. The van der Waals surface area contributed by atoms with E-state index in [1.165, 1.54) is 0 Å². The van der Waals surface area contributed by atoms with Gasteiger partial charge >= 0.3 is 0 Å². The fourth-order valence-electron chi connectivity index (χ4n) is 1.69. The third-order valence-electron chi connectivity index (χ3n) is 2.45. The summed E-state index contributed by atoms with van der Waals surface area (Å²) in [6, 6.07) is 13.9. The summed E-state index contributed by atoms with van der Waals surface area (Å²) in [7, 11) is 0. The molecule has 2 nitrogen and oxygen atoms in total. The molecule has 0 heterocycles. The van der Waals surface area contributed by atoms with Crippen molar-refractivity contribution in [1.82, 2.24) is 0 Å². The average Bonchev–Trinajstić information content (AvgIpc) is 2.35. The van der Waals surface area contributed by atoms with Crippen LogP contribution in [0.25, 0.3) is 10.8 Å². The maximum absolute atomic E-state index is 9.05. The summed E-state index contributed by atoms with van der Waals surface area (Å²) < 4.78 is 5.67. The van der Waals surface area contributed by atoms with Gasteiger partial charge in [-0.1, -0.05) is 37.3 Å². The van der Waals surface area contributed by atoms with Crippen LogP contribution >= 0.6 is 0 Å². The fraction of sp³-hybridized carbons (Fsp3) is 0.214. The maximum Gasteiger partial charge on any atom is 0.144 e. The number of hydrogen-bond acceptors (Lipinski definition) is 2. The van der Waals surface area contributed by atoms with Crippen LogP contribution in [0.5, 0.6) is 5.75 Å². The second kappa shape index (κ2) is 4.67. The Kier molecular flexibility index (Phi) is 3.07. The van der Waals surface area contributed by atoms with Crippen LogP contribution in [0.15, 0.2) is 36.4 Å². The number of nitrogens with zero attached hydrogens (tertiary/aromatic N) is 1. The Hall–Kier alpha value is -2.01. The molecule has 0 fully saturated rings. The van der Waals surface area contributed by atoms with Crippen molar-refractivity contribution in [3.63, 3.8) is 0 Å². The first-order valence-corrected chi connectivity index (χ1v) is 5.41. The van der Waals surface area contributed by atoms with E-state index in [1.54, 1.807) is 0 Å². The van der Waals surface area contributed by atoms with Crippen molar-refractivity contribution in [2.75, 3.05) is 6.61 Å². The maximum atomic E-state index is 9.05. The molecule has 0 N–H and O–H groups in total. The number of nitriles is 1. The summed E-state index contributed by atoms with van der Waals surface area (Å²) in [5.74, 6) is 0.711. The van der Waals surface area contributed by atoms with Gasteiger partial charge in [0.05, 0.1) is 12.2 Å². The highest BCUT2D eigenvalue weighted by molar-refractivity contribution is 5.90. The van der Waals surface area contributed by atoms with Gasteiger partial charge in [-0.05, 0) is 17.9 Å². The summed E-state index contributed by atoms with van der Waals surface area (Å²) in [5.41, 5.74) is 0.604. The van der Waals surface area contributed by atoms with Gasteiger partial charge in [0.25, 0.3) is 0 Å². The molecule has 2 heteroatoms. The molecule has 0 aliphatic rings. The van der Waals surface area contributed by atoms with Gasteiger partial charge in [-0.3, -0.25) is 0 Å². The Balaban J connectivity index is 2.60. The quantitative estimate of drug-likeness (QED) is 0.778. The molecule has 0 bridgehead atoms. The highest BCUT2D eigenvalue weighted by Gasteiger charge is 2.07. The molecule has 0 amide bonds. The normalized spacial score (nSPS) is 10.0. The van der Waals surface area contributed by atoms with Gasteiger partial charge in [-0.15, -0.1) is 0 Å². The van der Waals surface area contributed by atoms with Crippen molar-refractivity contribution in [3.8, 4) is 11.8 Å². The van der Waals surface area contributed by atoms with Gasteiger partial charge < -0.3 is 4.74 Å². The lowest BCUT2D eigenvalue weighted by molar-refractivity contribution is 0.320. The molecule has 0 aliphatic heterocycles. The van der Waals surface area contributed by atoms with Crippen molar-refractivity contribution in [1.29, 1.82) is 5.26 Å². The SMILES string of the molecule is CCCOc1c(C#N)ccc2ccccc12. The lowest BCUT2D eigenvalue weighted by Gasteiger charge is -2.09. The van der Waals surface area contributed by atoms with E-state index in [0.29, 0.717) is 17.9 Å². The third-order valence-corrected chi connectivity index (χ3v) is 2.45. The molecule has 0 aliphatic carbocycles. The largest absolute Gasteiger partial charge is 0.492 e. The van der Waals surface area contributed by atoms with Crippen LogP contribution in [0, 0.1) is 11.3 Å². The molecular formula is C14H13NO. The number of fused-ring (bicyclic) bond motifs is 1. The van der Waals surface area contributed by atoms with Crippen LogP contribution in [-0.4, -0.2) is 6.61 Å². The first kappa shape index (κ1) is 10.5. The molecule has 0 saturated heterocycles. The Labute approximate surface area is 95.1 Å². The number of rotatable bonds is 3. The van der Waals surface area contributed by atoms with Crippen molar-refractivity contribution in [2.45, 2.75) is 13.3 Å². The topological polar surface area (TPSA) is 33.0 Å². The van der Waals surface area contributed by atoms with Crippen molar-refractivity contribution in [3.05, 3.63) is 42.0 Å². The third kappa shape index (κ3) is 1.85. The summed E-state index contributed by atoms with van der Waals surface area (Å²) in [6.45, 7) is 2.69. The zero-order chi connectivity index (χ0) is 11.4. The van der Waals surface area contributed by atoms with Crippen molar-refractivity contribution < 1.29 is 4.74 Å². The van der Waals surface area contributed by atoms with Crippen LogP contribution in [-0.2, 0) is 0 Å². The van der Waals surface area contributed by atoms with Crippen LogP contribution in [0.1, 0.15) is 18.9 Å². The minimum absolute atomic E-state index is 0.604. The Morgan fingerprint density at radius 3 is 2.75 bits per heavy atom. The zero-order valence-corrected chi connectivity index (χ0v) is 9.23. The molecule has 0 unspecified atom stereocenters. The number of ether oxygens (including phenoxy) is 1. The summed E-state index contributed by atoms with van der Waals surface area (Å²) in [4.78, 5) is 0. The molecule has 0 atom stereocenters. The van der Waals surface area contributed by atoms with Crippen LogP contribution in [0.4, 0.5) is 0 Å². The van der Waals surface area contributed by atoms with E-state index in [1.807, 2.05) is 36.4 Å². The molecule has 2 aromatic carbocycles. The van der Waals surface area contributed by atoms with E-state index in [-0.39, 0.29) is 0 Å².